The van der Waals surface area contributed by atoms with Crippen molar-refractivity contribution in [1.82, 2.24) is 9.97 Å². The summed E-state index contributed by atoms with van der Waals surface area (Å²) in [5.41, 5.74) is 2.33. The zero-order valence-electron chi connectivity index (χ0n) is 11.8. The number of non-ortho nitro benzene ring substituents is 1. The molecule has 0 atom stereocenters. The van der Waals surface area contributed by atoms with Gasteiger partial charge >= 0.3 is 0 Å². The van der Waals surface area contributed by atoms with Gasteiger partial charge in [0.25, 0.3) is 11.2 Å². The van der Waals surface area contributed by atoms with Crippen LogP contribution in [0.1, 0.15) is 23.7 Å². The Balaban J connectivity index is 2.11. The maximum atomic E-state index is 11.8. The van der Waals surface area contributed by atoms with E-state index in [0.29, 0.717) is 22.9 Å². The zero-order chi connectivity index (χ0) is 15.4. The largest absolute Gasteiger partial charge is 0.301 e. The third-order valence-corrected chi connectivity index (χ3v) is 4.03. The fraction of sp³-hybridized carbons (Fsp3) is 0.286. The van der Waals surface area contributed by atoms with Crippen LogP contribution >= 0.6 is 11.8 Å². The van der Waals surface area contributed by atoms with Crippen molar-refractivity contribution in [3.63, 3.8) is 0 Å². The molecule has 1 aromatic heterocycles. The molecule has 0 amide bonds. The first kappa shape index (κ1) is 15.2. The van der Waals surface area contributed by atoms with Gasteiger partial charge in [-0.05, 0) is 18.9 Å². The van der Waals surface area contributed by atoms with E-state index < -0.39 is 4.92 Å². The van der Waals surface area contributed by atoms with E-state index in [4.69, 9.17) is 0 Å². The van der Waals surface area contributed by atoms with Gasteiger partial charge in [0.1, 0.15) is 0 Å². The van der Waals surface area contributed by atoms with Crippen LogP contribution in [0.3, 0.4) is 0 Å². The van der Waals surface area contributed by atoms with Crippen LogP contribution in [0.15, 0.2) is 34.2 Å². The van der Waals surface area contributed by atoms with E-state index in [2.05, 4.69) is 9.97 Å². The molecule has 1 N–H and O–H groups in total. The quantitative estimate of drug-likeness (QED) is 0.397. The molecule has 7 heteroatoms. The van der Waals surface area contributed by atoms with E-state index in [1.54, 1.807) is 19.1 Å². The molecule has 0 saturated carbocycles. The van der Waals surface area contributed by atoms with Gasteiger partial charge in [-0.2, -0.15) is 0 Å². The van der Waals surface area contributed by atoms with Crippen molar-refractivity contribution in [2.75, 3.05) is 0 Å². The first-order valence-corrected chi connectivity index (χ1v) is 7.45. The highest BCUT2D eigenvalue weighted by atomic mass is 32.2. The SMILES string of the molecule is CCc1nc(SCc2ccc([N+](=O)[O-])cc2)[nH]c(=O)c1C. The number of rotatable bonds is 5. The van der Waals surface area contributed by atoms with Gasteiger partial charge in [-0.1, -0.05) is 30.8 Å². The molecule has 0 spiro atoms. The lowest BCUT2D eigenvalue weighted by molar-refractivity contribution is -0.384. The number of nitro groups is 1. The van der Waals surface area contributed by atoms with Gasteiger partial charge in [-0.25, -0.2) is 4.98 Å². The number of aromatic nitrogens is 2. The predicted octanol–water partition coefficient (Wildman–Crippen LogP) is 2.84. The Morgan fingerprint density at radius 2 is 2.00 bits per heavy atom. The summed E-state index contributed by atoms with van der Waals surface area (Å²) in [7, 11) is 0. The topological polar surface area (TPSA) is 88.9 Å². The molecule has 0 fully saturated rings. The van der Waals surface area contributed by atoms with Crippen LogP contribution in [-0.4, -0.2) is 14.9 Å². The van der Waals surface area contributed by atoms with Crippen LogP contribution in [0.4, 0.5) is 5.69 Å². The van der Waals surface area contributed by atoms with E-state index in [1.807, 2.05) is 6.92 Å². The number of hydrogen-bond acceptors (Lipinski definition) is 5. The van der Waals surface area contributed by atoms with Gasteiger partial charge in [-0.3, -0.25) is 14.9 Å². The number of nitro benzene ring substituents is 1. The fourth-order valence-corrected chi connectivity index (χ4v) is 2.67. The molecule has 0 bridgehead atoms. The van der Waals surface area contributed by atoms with Gasteiger partial charge in [-0.15, -0.1) is 0 Å². The van der Waals surface area contributed by atoms with Crippen molar-refractivity contribution in [3.05, 3.63) is 61.6 Å². The second kappa shape index (κ2) is 6.53. The summed E-state index contributed by atoms with van der Waals surface area (Å²) >= 11 is 1.40. The Hall–Kier alpha value is -2.15. The summed E-state index contributed by atoms with van der Waals surface area (Å²) < 4.78 is 0. The number of hydrogen-bond donors (Lipinski definition) is 1. The molecular weight excluding hydrogens is 290 g/mol. The van der Waals surface area contributed by atoms with Gasteiger partial charge in [0, 0.05) is 23.4 Å². The van der Waals surface area contributed by atoms with E-state index in [9.17, 15) is 14.9 Å². The lowest BCUT2D eigenvalue weighted by Gasteiger charge is -2.05. The van der Waals surface area contributed by atoms with E-state index in [-0.39, 0.29) is 11.2 Å². The van der Waals surface area contributed by atoms with Crippen LogP contribution in [0.2, 0.25) is 0 Å². The molecular formula is C14H15N3O3S. The van der Waals surface area contributed by atoms with Gasteiger partial charge in [0.05, 0.1) is 10.6 Å². The van der Waals surface area contributed by atoms with Gasteiger partial charge < -0.3 is 4.98 Å². The minimum absolute atomic E-state index is 0.0684. The Kier molecular flexibility index (Phi) is 4.74. The Labute approximate surface area is 125 Å². The lowest BCUT2D eigenvalue weighted by Crippen LogP contribution is -2.15. The molecule has 21 heavy (non-hydrogen) atoms. The Morgan fingerprint density at radius 3 is 2.57 bits per heavy atom. The molecule has 0 aliphatic carbocycles. The van der Waals surface area contributed by atoms with Gasteiger partial charge in [0.2, 0.25) is 0 Å². The Bertz CT molecular complexity index is 710. The maximum Gasteiger partial charge on any atom is 0.269 e. The lowest BCUT2D eigenvalue weighted by atomic mass is 10.2. The third-order valence-electron chi connectivity index (χ3n) is 3.09. The summed E-state index contributed by atoms with van der Waals surface area (Å²) in [4.78, 5) is 29.1. The van der Waals surface area contributed by atoms with Gasteiger partial charge in [0.15, 0.2) is 5.16 Å². The molecule has 0 aliphatic heterocycles. The summed E-state index contributed by atoms with van der Waals surface area (Å²) in [5, 5.41) is 11.2. The van der Waals surface area contributed by atoms with Crippen molar-refractivity contribution in [3.8, 4) is 0 Å². The van der Waals surface area contributed by atoms with Crippen molar-refractivity contribution < 1.29 is 4.92 Å². The smallest absolute Gasteiger partial charge is 0.269 e. The highest BCUT2D eigenvalue weighted by Crippen LogP contribution is 2.21. The van der Waals surface area contributed by atoms with Crippen molar-refractivity contribution in [2.24, 2.45) is 0 Å². The molecule has 2 rings (SSSR count). The monoisotopic (exact) mass is 305 g/mol. The van der Waals surface area contributed by atoms with E-state index in [0.717, 1.165) is 11.3 Å². The number of H-pyrrole nitrogens is 1. The molecule has 6 nitrogen and oxygen atoms in total. The van der Waals surface area contributed by atoms with Crippen LogP contribution in [0, 0.1) is 17.0 Å². The molecule has 1 heterocycles. The third kappa shape index (κ3) is 3.69. The standard InChI is InChI=1S/C14H15N3O3S/c1-3-12-9(2)13(18)16-14(15-12)21-8-10-4-6-11(7-5-10)17(19)20/h4-7H,3,8H2,1-2H3,(H,15,16,18). The van der Waals surface area contributed by atoms with Crippen LogP contribution in [0.25, 0.3) is 0 Å². The van der Waals surface area contributed by atoms with Crippen LogP contribution in [0.5, 0.6) is 0 Å². The summed E-state index contributed by atoms with van der Waals surface area (Å²) in [6.45, 7) is 3.72. The van der Waals surface area contributed by atoms with Crippen LogP contribution < -0.4 is 5.56 Å². The normalized spacial score (nSPS) is 10.6. The summed E-state index contributed by atoms with van der Waals surface area (Å²) in [6.07, 6.45) is 0.709. The fourth-order valence-electron chi connectivity index (χ4n) is 1.83. The number of thioether (sulfide) groups is 1. The average Bonchev–Trinajstić information content (AvgIpc) is 2.48. The first-order chi connectivity index (χ1) is 10.0. The number of aromatic amines is 1. The predicted molar refractivity (Wildman–Crippen MR) is 81.6 cm³/mol. The molecule has 2 aromatic rings. The zero-order valence-corrected chi connectivity index (χ0v) is 12.6. The molecule has 0 unspecified atom stereocenters. The van der Waals surface area contributed by atoms with Crippen LogP contribution in [-0.2, 0) is 12.2 Å². The molecule has 1 aromatic carbocycles. The number of nitrogens with zero attached hydrogens (tertiary/aromatic N) is 2. The molecule has 0 saturated heterocycles. The van der Waals surface area contributed by atoms with Crippen molar-refractivity contribution in [1.29, 1.82) is 0 Å². The highest BCUT2D eigenvalue weighted by molar-refractivity contribution is 7.98. The maximum absolute atomic E-state index is 11.8. The minimum Gasteiger partial charge on any atom is -0.301 e. The summed E-state index contributed by atoms with van der Waals surface area (Å²) in [6, 6.07) is 6.35. The van der Waals surface area contributed by atoms with E-state index in [1.165, 1.54) is 23.9 Å². The average molecular weight is 305 g/mol. The minimum atomic E-state index is -0.427. The number of benzene rings is 1. The van der Waals surface area contributed by atoms with Crippen molar-refractivity contribution >= 4 is 17.4 Å². The molecule has 110 valence electrons. The number of nitrogens with one attached hydrogen (secondary N) is 1. The second-order valence-electron chi connectivity index (χ2n) is 4.51. The first-order valence-electron chi connectivity index (χ1n) is 6.47. The molecule has 0 aliphatic rings. The highest BCUT2D eigenvalue weighted by Gasteiger charge is 2.08. The molecule has 0 radical (unpaired) electrons. The Morgan fingerprint density at radius 1 is 1.33 bits per heavy atom. The number of aryl methyl sites for hydroxylation is 1. The summed E-state index contributed by atoms with van der Waals surface area (Å²) in [5.74, 6) is 0.590. The van der Waals surface area contributed by atoms with E-state index >= 15 is 0 Å². The second-order valence-corrected chi connectivity index (χ2v) is 5.47. The van der Waals surface area contributed by atoms with Crippen molar-refractivity contribution in [2.45, 2.75) is 31.2 Å².